The maximum atomic E-state index is 12.0. The molecule has 2 rings (SSSR count). The van der Waals surface area contributed by atoms with E-state index in [9.17, 15) is 4.79 Å². The highest BCUT2D eigenvalue weighted by Crippen LogP contribution is 2.24. The van der Waals surface area contributed by atoms with Crippen LogP contribution in [0.4, 0.5) is 10.5 Å². The molecule has 1 aliphatic rings. The summed E-state index contributed by atoms with van der Waals surface area (Å²) in [5.74, 6) is 0. The lowest BCUT2D eigenvalue weighted by Gasteiger charge is -2.26. The van der Waals surface area contributed by atoms with Crippen LogP contribution in [-0.2, 0) is 0 Å². The van der Waals surface area contributed by atoms with E-state index in [1.54, 1.807) is 4.90 Å². The van der Waals surface area contributed by atoms with Crippen molar-refractivity contribution in [2.75, 3.05) is 18.4 Å². The number of benzene rings is 1. The van der Waals surface area contributed by atoms with Crippen LogP contribution in [0.1, 0.15) is 6.42 Å². The van der Waals surface area contributed by atoms with Gasteiger partial charge in [-0.25, -0.2) is 4.79 Å². The standard InChI is InChI=1S/C12H11Cl2IN2O/c13-10-5-6-17(7-11(10)14)12(18)16-9-3-1-8(15)2-4-9/h1-4H,5-7H2,(H,16,18). The normalized spacial score (nSPS) is 15.8. The van der Waals surface area contributed by atoms with Crippen LogP contribution in [0.2, 0.25) is 0 Å². The number of carbonyl (C=O) groups excluding carboxylic acids is 1. The van der Waals surface area contributed by atoms with E-state index in [1.807, 2.05) is 24.3 Å². The Hall–Kier alpha value is -0.460. The first-order valence-corrected chi connectivity index (χ1v) is 7.24. The summed E-state index contributed by atoms with van der Waals surface area (Å²) in [6.07, 6.45) is 0.612. The SMILES string of the molecule is O=C(Nc1ccc(I)cc1)N1CCC(Cl)=C(Cl)C1. The zero-order chi connectivity index (χ0) is 13.1. The number of hydrogen-bond acceptors (Lipinski definition) is 1. The van der Waals surface area contributed by atoms with Gasteiger partial charge in [-0.05, 0) is 46.9 Å². The molecule has 0 atom stereocenters. The molecular weight excluding hydrogens is 386 g/mol. The Balaban J connectivity index is 1.99. The lowest BCUT2D eigenvalue weighted by atomic mass is 10.2. The molecule has 0 aromatic heterocycles. The second-order valence-electron chi connectivity index (χ2n) is 3.92. The van der Waals surface area contributed by atoms with Crippen LogP contribution in [-0.4, -0.2) is 24.0 Å². The Morgan fingerprint density at radius 1 is 1.22 bits per heavy atom. The maximum absolute atomic E-state index is 12.0. The number of carbonyl (C=O) groups is 1. The molecule has 1 aromatic rings. The number of halogens is 3. The molecule has 18 heavy (non-hydrogen) atoms. The van der Waals surface area contributed by atoms with Crippen molar-refractivity contribution in [3.8, 4) is 0 Å². The highest BCUT2D eigenvalue weighted by atomic mass is 127. The van der Waals surface area contributed by atoms with Gasteiger partial charge in [0.15, 0.2) is 0 Å². The predicted octanol–water partition coefficient (Wildman–Crippen LogP) is 4.22. The fourth-order valence-electron chi connectivity index (χ4n) is 1.61. The molecule has 0 fully saturated rings. The molecule has 1 aliphatic heterocycles. The summed E-state index contributed by atoms with van der Waals surface area (Å²) in [6, 6.07) is 7.47. The second kappa shape index (κ2) is 6.12. The minimum absolute atomic E-state index is 0.154. The molecule has 0 unspecified atom stereocenters. The van der Waals surface area contributed by atoms with Crippen molar-refractivity contribution in [3.63, 3.8) is 0 Å². The van der Waals surface area contributed by atoms with Gasteiger partial charge in [-0.3, -0.25) is 0 Å². The van der Waals surface area contributed by atoms with Gasteiger partial charge in [0.2, 0.25) is 0 Å². The number of nitrogens with one attached hydrogen (secondary N) is 1. The first kappa shape index (κ1) is 14.0. The van der Waals surface area contributed by atoms with Crippen LogP contribution in [0.3, 0.4) is 0 Å². The molecule has 1 heterocycles. The Morgan fingerprint density at radius 2 is 1.89 bits per heavy atom. The van der Waals surface area contributed by atoms with Crippen molar-refractivity contribution >= 4 is 57.5 Å². The van der Waals surface area contributed by atoms with E-state index in [0.29, 0.717) is 29.6 Å². The molecule has 6 heteroatoms. The van der Waals surface area contributed by atoms with Gasteiger partial charge in [0.1, 0.15) is 0 Å². The third-order valence-corrected chi connectivity index (χ3v) is 4.19. The van der Waals surface area contributed by atoms with Crippen LogP contribution in [0.15, 0.2) is 34.3 Å². The minimum atomic E-state index is -0.154. The highest BCUT2D eigenvalue weighted by Gasteiger charge is 2.20. The third kappa shape index (κ3) is 3.52. The van der Waals surface area contributed by atoms with Gasteiger partial charge >= 0.3 is 6.03 Å². The predicted molar refractivity (Wildman–Crippen MR) is 83.1 cm³/mol. The molecule has 0 saturated heterocycles. The Kier molecular flexibility index (Phi) is 4.75. The van der Waals surface area contributed by atoms with E-state index in [0.717, 1.165) is 9.26 Å². The molecule has 1 aromatic carbocycles. The number of amides is 2. The number of rotatable bonds is 1. The fraction of sp³-hybridized carbons (Fsp3) is 0.250. The number of anilines is 1. The lowest BCUT2D eigenvalue weighted by molar-refractivity contribution is 0.215. The first-order chi connectivity index (χ1) is 8.56. The monoisotopic (exact) mass is 396 g/mol. The van der Waals surface area contributed by atoms with Crippen molar-refractivity contribution in [1.82, 2.24) is 4.90 Å². The van der Waals surface area contributed by atoms with Gasteiger partial charge in [-0.2, -0.15) is 0 Å². The Morgan fingerprint density at radius 3 is 2.50 bits per heavy atom. The lowest BCUT2D eigenvalue weighted by Crippen LogP contribution is -2.38. The Labute approximate surface area is 129 Å². The van der Waals surface area contributed by atoms with Gasteiger partial charge in [0.05, 0.1) is 11.6 Å². The number of urea groups is 1. The quantitative estimate of drug-likeness (QED) is 0.708. The highest BCUT2D eigenvalue weighted by molar-refractivity contribution is 14.1. The largest absolute Gasteiger partial charge is 0.322 e. The molecule has 0 bridgehead atoms. The zero-order valence-corrected chi connectivity index (χ0v) is 13.1. The van der Waals surface area contributed by atoms with Crippen LogP contribution in [0.5, 0.6) is 0 Å². The van der Waals surface area contributed by atoms with E-state index in [4.69, 9.17) is 23.2 Å². The van der Waals surface area contributed by atoms with E-state index in [-0.39, 0.29) is 6.03 Å². The van der Waals surface area contributed by atoms with Crippen molar-refractivity contribution in [1.29, 1.82) is 0 Å². The topological polar surface area (TPSA) is 32.3 Å². The summed E-state index contributed by atoms with van der Waals surface area (Å²) in [4.78, 5) is 13.6. The van der Waals surface area contributed by atoms with Gasteiger partial charge in [0, 0.05) is 27.3 Å². The maximum Gasteiger partial charge on any atom is 0.322 e. The van der Waals surface area contributed by atoms with Gasteiger partial charge in [-0.1, -0.05) is 23.2 Å². The number of nitrogens with zero attached hydrogens (tertiary/aromatic N) is 1. The Bertz CT molecular complexity index is 487. The molecule has 1 N–H and O–H groups in total. The smallest absolute Gasteiger partial charge is 0.319 e. The van der Waals surface area contributed by atoms with Crippen LogP contribution < -0.4 is 5.32 Å². The van der Waals surface area contributed by atoms with Crippen LogP contribution in [0.25, 0.3) is 0 Å². The second-order valence-corrected chi connectivity index (χ2v) is 6.08. The van der Waals surface area contributed by atoms with E-state index < -0.39 is 0 Å². The van der Waals surface area contributed by atoms with Gasteiger partial charge < -0.3 is 10.2 Å². The summed E-state index contributed by atoms with van der Waals surface area (Å²) in [5.41, 5.74) is 0.775. The molecular formula is C12H11Cl2IN2O. The van der Waals surface area contributed by atoms with E-state index in [1.165, 1.54) is 0 Å². The molecule has 2 amide bonds. The summed E-state index contributed by atoms with van der Waals surface area (Å²) in [6.45, 7) is 0.960. The van der Waals surface area contributed by atoms with Crippen LogP contribution in [0, 0.1) is 3.57 Å². The molecule has 0 radical (unpaired) electrons. The average molecular weight is 397 g/mol. The van der Waals surface area contributed by atoms with E-state index in [2.05, 4.69) is 27.9 Å². The molecule has 0 aliphatic carbocycles. The molecule has 0 saturated carbocycles. The third-order valence-electron chi connectivity index (χ3n) is 2.61. The summed E-state index contributed by atoms with van der Waals surface area (Å²) in [5, 5.41) is 4.02. The van der Waals surface area contributed by atoms with Crippen molar-refractivity contribution in [3.05, 3.63) is 37.9 Å². The van der Waals surface area contributed by atoms with Gasteiger partial charge in [0.25, 0.3) is 0 Å². The van der Waals surface area contributed by atoms with Gasteiger partial charge in [-0.15, -0.1) is 0 Å². The minimum Gasteiger partial charge on any atom is -0.319 e. The zero-order valence-electron chi connectivity index (χ0n) is 9.42. The average Bonchev–Trinajstić information content (AvgIpc) is 2.35. The summed E-state index contributed by atoms with van der Waals surface area (Å²) in [7, 11) is 0. The van der Waals surface area contributed by atoms with Crippen molar-refractivity contribution in [2.45, 2.75) is 6.42 Å². The number of hydrogen-bond donors (Lipinski definition) is 1. The summed E-state index contributed by atoms with van der Waals surface area (Å²) < 4.78 is 1.13. The molecule has 0 spiro atoms. The summed E-state index contributed by atoms with van der Waals surface area (Å²) >= 11 is 14.1. The van der Waals surface area contributed by atoms with Crippen LogP contribution >= 0.6 is 45.8 Å². The first-order valence-electron chi connectivity index (χ1n) is 5.41. The van der Waals surface area contributed by atoms with Crippen molar-refractivity contribution < 1.29 is 4.79 Å². The molecule has 96 valence electrons. The molecule has 3 nitrogen and oxygen atoms in total. The fourth-order valence-corrected chi connectivity index (χ4v) is 2.35. The van der Waals surface area contributed by atoms with Crippen molar-refractivity contribution in [2.24, 2.45) is 0 Å². The van der Waals surface area contributed by atoms with E-state index >= 15 is 0 Å².